The molecule has 3 atom stereocenters. The van der Waals surface area contributed by atoms with Crippen LogP contribution in [-0.2, 0) is 6.42 Å². The maximum atomic E-state index is 12.5. The summed E-state index contributed by atoms with van der Waals surface area (Å²) in [4.78, 5) is 20.3. The largest absolute Gasteiger partial charge is 0.349 e. The maximum Gasteiger partial charge on any atom is 0.317 e. The molecule has 1 unspecified atom stereocenters. The number of nitrogens with zero attached hydrogens (tertiary/aromatic N) is 2. The zero-order valence-electron chi connectivity index (χ0n) is 15.7. The third-order valence-electron chi connectivity index (χ3n) is 6.18. The van der Waals surface area contributed by atoms with Gasteiger partial charge in [-0.1, -0.05) is 12.1 Å². The standard InChI is InChI=1S/C20H27BrN4O/c1-4-25(5-2)20(26)22-12-9-14-13-7-6-8-16-18(13)15(19(21)23-16)10-17(14)24(3)11-12/h6-8,12,14,17,23H,4-5,9-11H2,1-3H3,(H,22,26)/t12-,14?,17-/m1/s1. The molecule has 1 aliphatic carbocycles. The summed E-state index contributed by atoms with van der Waals surface area (Å²) >= 11 is 3.71. The lowest BCUT2D eigenvalue weighted by Gasteiger charge is -2.46. The van der Waals surface area contributed by atoms with Gasteiger partial charge in [0.2, 0.25) is 0 Å². The predicted molar refractivity (Wildman–Crippen MR) is 109 cm³/mol. The predicted octanol–water partition coefficient (Wildman–Crippen LogP) is 3.69. The summed E-state index contributed by atoms with van der Waals surface area (Å²) < 4.78 is 1.11. The number of carbonyl (C=O) groups is 1. The number of nitrogens with one attached hydrogen (secondary N) is 2. The van der Waals surface area contributed by atoms with Crippen LogP contribution in [0.25, 0.3) is 10.9 Å². The molecule has 26 heavy (non-hydrogen) atoms. The average Bonchev–Trinajstić information content (AvgIpc) is 2.94. The second-order valence-corrected chi connectivity index (χ2v) is 8.35. The Morgan fingerprint density at radius 2 is 2.15 bits per heavy atom. The van der Waals surface area contributed by atoms with Crippen LogP contribution in [0.15, 0.2) is 22.8 Å². The summed E-state index contributed by atoms with van der Waals surface area (Å²) in [5.41, 5.74) is 4.03. The number of fused-ring (bicyclic) bond motifs is 2. The molecular formula is C20H27BrN4O. The van der Waals surface area contributed by atoms with Crippen molar-refractivity contribution < 1.29 is 4.79 Å². The molecular weight excluding hydrogens is 392 g/mol. The third kappa shape index (κ3) is 2.83. The van der Waals surface area contributed by atoms with E-state index in [0.717, 1.165) is 37.1 Å². The van der Waals surface area contributed by atoms with Gasteiger partial charge in [0.15, 0.2) is 0 Å². The number of H-pyrrole nitrogens is 1. The number of amides is 2. The monoisotopic (exact) mass is 418 g/mol. The maximum absolute atomic E-state index is 12.5. The second-order valence-electron chi connectivity index (χ2n) is 7.56. The molecule has 6 heteroatoms. The summed E-state index contributed by atoms with van der Waals surface area (Å²) in [6, 6.07) is 7.30. The van der Waals surface area contributed by atoms with E-state index in [0.29, 0.717) is 12.0 Å². The van der Waals surface area contributed by atoms with Crippen molar-refractivity contribution in [1.29, 1.82) is 0 Å². The van der Waals surface area contributed by atoms with Gasteiger partial charge in [0.25, 0.3) is 0 Å². The van der Waals surface area contributed by atoms with E-state index in [-0.39, 0.29) is 12.1 Å². The topological polar surface area (TPSA) is 51.4 Å². The van der Waals surface area contributed by atoms with Crippen LogP contribution < -0.4 is 5.32 Å². The van der Waals surface area contributed by atoms with Gasteiger partial charge in [-0.2, -0.15) is 0 Å². The number of halogens is 1. The Labute approximate surface area is 163 Å². The van der Waals surface area contributed by atoms with Crippen LogP contribution in [0.5, 0.6) is 0 Å². The van der Waals surface area contributed by atoms with Crippen LogP contribution in [-0.4, -0.2) is 59.6 Å². The number of likely N-dealkylation sites (N-methyl/N-ethyl adjacent to an activating group) is 1. The lowest BCUT2D eigenvalue weighted by Crippen LogP contribution is -2.56. The Morgan fingerprint density at radius 3 is 2.88 bits per heavy atom. The molecule has 1 aliphatic heterocycles. The molecule has 1 aromatic carbocycles. The van der Waals surface area contributed by atoms with Gasteiger partial charge in [-0.05, 0) is 66.9 Å². The highest BCUT2D eigenvalue weighted by atomic mass is 79.9. The van der Waals surface area contributed by atoms with E-state index in [1.165, 1.54) is 22.0 Å². The highest BCUT2D eigenvalue weighted by molar-refractivity contribution is 9.10. The molecule has 1 aromatic heterocycles. The Balaban J connectivity index is 1.63. The zero-order valence-corrected chi connectivity index (χ0v) is 17.3. The van der Waals surface area contributed by atoms with Crippen molar-refractivity contribution in [3.63, 3.8) is 0 Å². The van der Waals surface area contributed by atoms with Crippen molar-refractivity contribution in [1.82, 2.24) is 20.1 Å². The Bertz CT molecular complexity index is 829. The van der Waals surface area contributed by atoms with E-state index in [1.54, 1.807) is 0 Å². The number of hydrogen-bond acceptors (Lipinski definition) is 2. The number of carbonyl (C=O) groups excluding carboxylic acids is 1. The molecule has 2 amide bonds. The van der Waals surface area contributed by atoms with Gasteiger partial charge in [0.05, 0.1) is 4.60 Å². The molecule has 2 aromatic rings. The van der Waals surface area contributed by atoms with Crippen molar-refractivity contribution in [3.05, 3.63) is 33.9 Å². The molecule has 1 saturated heterocycles. The third-order valence-corrected chi connectivity index (χ3v) is 6.85. The van der Waals surface area contributed by atoms with Gasteiger partial charge in [-0.15, -0.1) is 0 Å². The number of benzene rings is 1. The quantitative estimate of drug-likeness (QED) is 0.798. The van der Waals surface area contributed by atoms with Crippen LogP contribution in [0, 0.1) is 0 Å². The highest BCUT2D eigenvalue weighted by Crippen LogP contribution is 2.45. The molecule has 4 rings (SSSR count). The number of likely N-dealkylation sites (tertiary alicyclic amines) is 1. The molecule has 0 radical (unpaired) electrons. The van der Waals surface area contributed by atoms with Crippen LogP contribution in [0.1, 0.15) is 37.3 Å². The molecule has 0 bridgehead atoms. The summed E-state index contributed by atoms with van der Waals surface area (Å²) in [5, 5.41) is 4.65. The van der Waals surface area contributed by atoms with Gasteiger partial charge in [-0.3, -0.25) is 0 Å². The lowest BCUT2D eigenvalue weighted by molar-refractivity contribution is 0.124. The van der Waals surface area contributed by atoms with Crippen molar-refractivity contribution in [2.24, 2.45) is 0 Å². The normalized spacial score (nSPS) is 25.2. The lowest BCUT2D eigenvalue weighted by atomic mass is 9.74. The van der Waals surface area contributed by atoms with Crippen LogP contribution in [0.4, 0.5) is 4.79 Å². The molecule has 140 valence electrons. The van der Waals surface area contributed by atoms with Crippen molar-refractivity contribution in [2.75, 3.05) is 26.7 Å². The fourth-order valence-electron chi connectivity index (χ4n) is 4.87. The van der Waals surface area contributed by atoms with E-state index >= 15 is 0 Å². The number of rotatable bonds is 3. The number of piperidine rings is 1. The van der Waals surface area contributed by atoms with E-state index in [9.17, 15) is 4.79 Å². The minimum absolute atomic E-state index is 0.0611. The number of hydrogen-bond donors (Lipinski definition) is 2. The van der Waals surface area contributed by atoms with Gasteiger partial charge < -0.3 is 20.1 Å². The smallest absolute Gasteiger partial charge is 0.317 e. The average molecular weight is 419 g/mol. The van der Waals surface area contributed by atoms with Crippen LogP contribution in [0.3, 0.4) is 0 Å². The van der Waals surface area contributed by atoms with Gasteiger partial charge in [-0.25, -0.2) is 4.79 Å². The van der Waals surface area contributed by atoms with Crippen molar-refractivity contribution >= 4 is 32.9 Å². The number of urea groups is 1. The van der Waals surface area contributed by atoms with E-state index < -0.39 is 0 Å². The molecule has 0 spiro atoms. The summed E-state index contributed by atoms with van der Waals surface area (Å²) in [5.74, 6) is 0.453. The van der Waals surface area contributed by atoms with Gasteiger partial charge >= 0.3 is 6.03 Å². The van der Waals surface area contributed by atoms with Crippen molar-refractivity contribution in [3.8, 4) is 0 Å². The van der Waals surface area contributed by atoms with E-state index in [4.69, 9.17) is 0 Å². The Hall–Kier alpha value is -1.53. The SMILES string of the molecule is CCN(CC)C(=O)N[C@@H]1CC2c3cccc4[nH]c(Br)c(c34)C[C@H]2N(C)C1. The molecule has 5 nitrogen and oxygen atoms in total. The highest BCUT2D eigenvalue weighted by Gasteiger charge is 2.40. The first kappa shape index (κ1) is 17.9. The minimum atomic E-state index is 0.0611. The number of aromatic amines is 1. The Kier molecular flexibility index (Phi) is 4.73. The minimum Gasteiger partial charge on any atom is -0.349 e. The zero-order chi connectivity index (χ0) is 18.4. The molecule has 0 saturated carbocycles. The second kappa shape index (κ2) is 6.89. The first-order valence-electron chi connectivity index (χ1n) is 9.58. The van der Waals surface area contributed by atoms with Crippen molar-refractivity contribution in [2.45, 2.75) is 44.7 Å². The fraction of sp³-hybridized carbons (Fsp3) is 0.550. The summed E-state index contributed by atoms with van der Waals surface area (Å²) in [6.07, 6.45) is 2.05. The number of aromatic nitrogens is 1. The van der Waals surface area contributed by atoms with E-state index in [2.05, 4.69) is 56.4 Å². The Morgan fingerprint density at radius 1 is 1.38 bits per heavy atom. The first-order valence-corrected chi connectivity index (χ1v) is 10.4. The van der Waals surface area contributed by atoms with Gasteiger partial charge in [0.1, 0.15) is 0 Å². The van der Waals surface area contributed by atoms with Crippen LogP contribution in [0.2, 0.25) is 0 Å². The fourth-order valence-corrected chi connectivity index (χ4v) is 5.44. The van der Waals surface area contributed by atoms with Crippen LogP contribution >= 0.6 is 15.9 Å². The molecule has 2 aliphatic rings. The summed E-state index contributed by atoms with van der Waals surface area (Å²) in [7, 11) is 2.19. The first-order chi connectivity index (χ1) is 12.5. The van der Waals surface area contributed by atoms with E-state index in [1.807, 2.05) is 18.7 Å². The molecule has 1 fully saturated rings. The summed E-state index contributed by atoms with van der Waals surface area (Å²) in [6.45, 7) is 6.45. The molecule has 2 heterocycles. The van der Waals surface area contributed by atoms with Gasteiger partial charge in [0, 0.05) is 48.5 Å². The molecule has 2 N–H and O–H groups in total.